The zero-order valence-electron chi connectivity index (χ0n) is 16.6. The van der Waals surface area contributed by atoms with Crippen LogP contribution in [0, 0.1) is 0 Å². The van der Waals surface area contributed by atoms with Gasteiger partial charge in [0.2, 0.25) is 5.91 Å². The van der Waals surface area contributed by atoms with Crippen LogP contribution in [0.3, 0.4) is 0 Å². The molecule has 0 fully saturated rings. The standard InChI is InChI=1S/C24H24N2O3/c1-3-26-22-10-6-17(15-27)12-20(22)21-14-18(7-11-23(21)26)25-24(28)13-16-4-8-19(29-2)9-5-16/h4-12,14,27H,3,13,15H2,1-2H3,(H,25,28). The average Bonchev–Trinajstić information content (AvgIpc) is 3.06. The Labute approximate surface area is 169 Å². The van der Waals surface area contributed by atoms with Crippen molar-refractivity contribution in [3.8, 4) is 5.75 Å². The minimum absolute atomic E-state index is 0.00697. The van der Waals surface area contributed by atoms with Crippen molar-refractivity contribution >= 4 is 33.4 Å². The van der Waals surface area contributed by atoms with E-state index in [1.165, 1.54) is 0 Å². The number of fused-ring (bicyclic) bond motifs is 3. The smallest absolute Gasteiger partial charge is 0.228 e. The number of rotatable bonds is 6. The first-order valence-corrected chi connectivity index (χ1v) is 9.71. The maximum Gasteiger partial charge on any atom is 0.228 e. The first kappa shape index (κ1) is 19.0. The predicted molar refractivity (Wildman–Crippen MR) is 116 cm³/mol. The second-order valence-corrected chi connectivity index (χ2v) is 7.06. The van der Waals surface area contributed by atoms with Crippen LogP contribution in [0.1, 0.15) is 18.1 Å². The van der Waals surface area contributed by atoms with Crippen molar-refractivity contribution in [2.75, 3.05) is 12.4 Å². The van der Waals surface area contributed by atoms with Crippen LogP contribution in [-0.2, 0) is 24.4 Å². The van der Waals surface area contributed by atoms with Gasteiger partial charge in [0.05, 0.1) is 20.1 Å². The number of aliphatic hydroxyl groups is 1. The number of aryl methyl sites for hydroxylation is 1. The van der Waals surface area contributed by atoms with E-state index in [-0.39, 0.29) is 12.5 Å². The van der Waals surface area contributed by atoms with Crippen molar-refractivity contribution in [2.24, 2.45) is 0 Å². The molecule has 0 aliphatic rings. The summed E-state index contributed by atoms with van der Waals surface area (Å²) in [5.74, 6) is 0.707. The van der Waals surface area contributed by atoms with Gasteiger partial charge in [0, 0.05) is 34.0 Å². The van der Waals surface area contributed by atoms with E-state index in [0.717, 1.165) is 50.9 Å². The second-order valence-electron chi connectivity index (χ2n) is 7.06. The summed E-state index contributed by atoms with van der Waals surface area (Å²) in [6, 6.07) is 19.5. The molecular formula is C24H24N2O3. The van der Waals surface area contributed by atoms with E-state index < -0.39 is 0 Å². The van der Waals surface area contributed by atoms with Crippen LogP contribution in [-0.4, -0.2) is 22.7 Å². The summed E-state index contributed by atoms with van der Waals surface area (Å²) in [5, 5.41) is 14.7. The SMILES string of the molecule is CCn1c2ccc(CO)cc2c2cc(NC(=O)Cc3ccc(OC)cc3)ccc21. The fraction of sp³-hybridized carbons (Fsp3) is 0.208. The number of hydrogen-bond acceptors (Lipinski definition) is 3. The third-order valence-electron chi connectivity index (χ3n) is 5.24. The molecule has 1 heterocycles. The van der Waals surface area contributed by atoms with Crippen LogP contribution in [0.5, 0.6) is 5.75 Å². The lowest BCUT2D eigenvalue weighted by molar-refractivity contribution is -0.115. The number of carbonyl (C=O) groups excluding carboxylic acids is 1. The zero-order valence-corrected chi connectivity index (χ0v) is 16.6. The van der Waals surface area contributed by atoms with E-state index in [9.17, 15) is 9.90 Å². The van der Waals surface area contributed by atoms with Crippen molar-refractivity contribution in [1.82, 2.24) is 4.57 Å². The van der Waals surface area contributed by atoms with E-state index >= 15 is 0 Å². The summed E-state index contributed by atoms with van der Waals surface area (Å²) < 4.78 is 7.40. The normalized spacial score (nSPS) is 11.1. The van der Waals surface area contributed by atoms with E-state index in [4.69, 9.17) is 4.74 Å². The molecule has 4 aromatic rings. The Morgan fingerprint density at radius 1 is 0.966 bits per heavy atom. The summed E-state index contributed by atoms with van der Waals surface area (Å²) in [4.78, 5) is 12.5. The van der Waals surface area contributed by atoms with Crippen molar-refractivity contribution in [2.45, 2.75) is 26.5 Å². The lowest BCUT2D eigenvalue weighted by Gasteiger charge is -2.07. The van der Waals surface area contributed by atoms with Crippen LogP contribution in [0.15, 0.2) is 60.7 Å². The van der Waals surface area contributed by atoms with Gasteiger partial charge in [-0.25, -0.2) is 0 Å². The molecule has 0 atom stereocenters. The predicted octanol–water partition coefficient (Wildman–Crippen LogP) is 4.50. The van der Waals surface area contributed by atoms with Crippen molar-refractivity contribution in [1.29, 1.82) is 0 Å². The van der Waals surface area contributed by atoms with Crippen LogP contribution in [0.2, 0.25) is 0 Å². The van der Waals surface area contributed by atoms with E-state index in [1.54, 1.807) is 7.11 Å². The minimum Gasteiger partial charge on any atom is -0.497 e. The summed E-state index contributed by atoms with van der Waals surface area (Å²) in [7, 11) is 1.62. The van der Waals surface area contributed by atoms with Crippen molar-refractivity contribution < 1.29 is 14.6 Å². The molecule has 0 aliphatic carbocycles. The number of aromatic nitrogens is 1. The van der Waals surface area contributed by atoms with Gasteiger partial charge < -0.3 is 19.7 Å². The Balaban J connectivity index is 1.63. The molecule has 0 saturated heterocycles. The fourth-order valence-corrected chi connectivity index (χ4v) is 3.80. The number of nitrogens with one attached hydrogen (secondary N) is 1. The van der Waals surface area contributed by atoms with Gasteiger partial charge in [-0.15, -0.1) is 0 Å². The quantitative estimate of drug-likeness (QED) is 0.511. The number of methoxy groups -OCH3 is 1. The Kier molecular flexibility index (Phi) is 5.23. The number of aliphatic hydroxyl groups excluding tert-OH is 1. The molecule has 0 unspecified atom stereocenters. The monoisotopic (exact) mass is 388 g/mol. The highest BCUT2D eigenvalue weighted by Gasteiger charge is 2.12. The van der Waals surface area contributed by atoms with Crippen molar-refractivity contribution in [3.63, 3.8) is 0 Å². The highest BCUT2D eigenvalue weighted by Crippen LogP contribution is 2.32. The number of hydrogen-bond donors (Lipinski definition) is 2. The summed E-state index contributed by atoms with van der Waals surface area (Å²) in [6.45, 7) is 2.97. The Bertz CT molecular complexity index is 1180. The Morgan fingerprint density at radius 3 is 2.28 bits per heavy atom. The number of ether oxygens (including phenoxy) is 1. The molecular weight excluding hydrogens is 364 g/mol. The molecule has 0 saturated carbocycles. The van der Waals surface area contributed by atoms with E-state index in [2.05, 4.69) is 16.8 Å². The number of nitrogens with zero attached hydrogens (tertiary/aromatic N) is 1. The molecule has 0 spiro atoms. The van der Waals surface area contributed by atoms with Crippen LogP contribution in [0.25, 0.3) is 21.8 Å². The summed E-state index contributed by atoms with van der Waals surface area (Å²) in [5.41, 5.74) is 4.81. The first-order chi connectivity index (χ1) is 14.1. The third-order valence-corrected chi connectivity index (χ3v) is 5.24. The lowest BCUT2D eigenvalue weighted by Crippen LogP contribution is -2.14. The first-order valence-electron chi connectivity index (χ1n) is 9.71. The molecule has 1 aromatic heterocycles. The van der Waals surface area contributed by atoms with Gasteiger partial charge in [0.1, 0.15) is 5.75 Å². The number of anilines is 1. The average molecular weight is 388 g/mol. The summed E-state index contributed by atoms with van der Waals surface area (Å²) >= 11 is 0. The number of carbonyl (C=O) groups is 1. The molecule has 0 bridgehead atoms. The van der Waals surface area contributed by atoms with Crippen molar-refractivity contribution in [3.05, 3.63) is 71.8 Å². The fourth-order valence-electron chi connectivity index (χ4n) is 3.80. The third kappa shape index (κ3) is 3.69. The largest absolute Gasteiger partial charge is 0.497 e. The second kappa shape index (κ2) is 7.97. The highest BCUT2D eigenvalue weighted by molar-refractivity contribution is 6.10. The van der Waals surface area contributed by atoms with Gasteiger partial charge in [-0.05, 0) is 60.5 Å². The highest BCUT2D eigenvalue weighted by atomic mass is 16.5. The number of benzene rings is 3. The Morgan fingerprint density at radius 2 is 1.62 bits per heavy atom. The van der Waals surface area contributed by atoms with Gasteiger partial charge in [0.25, 0.3) is 0 Å². The van der Waals surface area contributed by atoms with Crippen LogP contribution in [0.4, 0.5) is 5.69 Å². The molecule has 4 rings (SSSR count). The molecule has 29 heavy (non-hydrogen) atoms. The zero-order chi connectivity index (χ0) is 20.4. The lowest BCUT2D eigenvalue weighted by atomic mass is 10.1. The molecule has 0 aliphatic heterocycles. The molecule has 1 amide bonds. The maximum absolute atomic E-state index is 12.5. The van der Waals surface area contributed by atoms with Gasteiger partial charge in [-0.3, -0.25) is 4.79 Å². The molecule has 5 heteroatoms. The van der Waals surface area contributed by atoms with E-state index in [0.29, 0.717) is 6.42 Å². The molecule has 5 nitrogen and oxygen atoms in total. The van der Waals surface area contributed by atoms with Crippen LogP contribution < -0.4 is 10.1 Å². The maximum atomic E-state index is 12.5. The topological polar surface area (TPSA) is 63.5 Å². The molecule has 3 aromatic carbocycles. The van der Waals surface area contributed by atoms with Gasteiger partial charge >= 0.3 is 0 Å². The molecule has 2 N–H and O–H groups in total. The van der Waals surface area contributed by atoms with E-state index in [1.807, 2.05) is 60.7 Å². The molecule has 148 valence electrons. The number of amides is 1. The minimum atomic E-state index is -0.0650. The van der Waals surface area contributed by atoms with Gasteiger partial charge in [-0.1, -0.05) is 18.2 Å². The summed E-state index contributed by atoms with van der Waals surface area (Å²) in [6.07, 6.45) is 0.299. The van der Waals surface area contributed by atoms with Crippen LogP contribution >= 0.6 is 0 Å². The molecule has 0 radical (unpaired) electrons. The van der Waals surface area contributed by atoms with Gasteiger partial charge in [-0.2, -0.15) is 0 Å². The van der Waals surface area contributed by atoms with Gasteiger partial charge in [0.15, 0.2) is 0 Å². The Hall–Kier alpha value is -3.31.